The molecule has 0 spiro atoms. The molecule has 0 aromatic carbocycles. The Morgan fingerprint density at radius 2 is 2.25 bits per heavy atom. The maximum atomic E-state index is 5.17. The van der Waals surface area contributed by atoms with Crippen molar-refractivity contribution in [3.8, 4) is 0 Å². The molecule has 2 aromatic rings. The highest BCUT2D eigenvalue weighted by Gasteiger charge is 2.02. The van der Waals surface area contributed by atoms with Crippen LogP contribution in [0, 0.1) is 6.92 Å². The summed E-state index contributed by atoms with van der Waals surface area (Å²) >= 11 is 1.67. The van der Waals surface area contributed by atoms with Gasteiger partial charge in [0.25, 0.3) is 0 Å². The molecule has 0 aliphatic heterocycles. The van der Waals surface area contributed by atoms with Gasteiger partial charge >= 0.3 is 0 Å². The van der Waals surface area contributed by atoms with Gasteiger partial charge in [-0.25, -0.2) is 4.98 Å². The third-order valence-corrected chi connectivity index (χ3v) is 3.06. The van der Waals surface area contributed by atoms with Crippen LogP contribution in [-0.2, 0) is 19.5 Å². The van der Waals surface area contributed by atoms with Gasteiger partial charge in [-0.15, -0.1) is 11.3 Å². The van der Waals surface area contributed by atoms with E-state index < -0.39 is 0 Å². The van der Waals surface area contributed by atoms with Crippen LogP contribution in [-0.4, -0.2) is 10.1 Å². The Hall–Kier alpha value is -1.20. The van der Waals surface area contributed by atoms with Crippen molar-refractivity contribution in [3.05, 3.63) is 33.6 Å². The second-order valence-corrected chi connectivity index (χ2v) is 4.66. The summed E-state index contributed by atoms with van der Waals surface area (Å²) in [6, 6.07) is 1.99. The lowest BCUT2D eigenvalue weighted by molar-refractivity contribution is 0.367. The van der Waals surface area contributed by atoms with E-state index in [0.29, 0.717) is 6.54 Å². The van der Waals surface area contributed by atoms with Gasteiger partial charge in [0.2, 0.25) is 0 Å². The number of hydrogen-bond acceptors (Lipinski definition) is 5. The highest BCUT2D eigenvalue weighted by molar-refractivity contribution is 7.09. The molecule has 2 heterocycles. The fourth-order valence-electron chi connectivity index (χ4n) is 1.41. The first-order valence-corrected chi connectivity index (χ1v) is 6.22. The number of thiazole rings is 1. The van der Waals surface area contributed by atoms with E-state index >= 15 is 0 Å². The molecule has 0 atom stereocenters. The van der Waals surface area contributed by atoms with Crippen LogP contribution in [0.4, 0.5) is 0 Å². The van der Waals surface area contributed by atoms with Crippen LogP contribution in [0.3, 0.4) is 0 Å². The Kier molecular flexibility index (Phi) is 3.69. The number of nitrogens with zero attached hydrogens (tertiary/aromatic N) is 2. The molecule has 0 saturated heterocycles. The number of nitrogens with one attached hydrogen (secondary N) is 1. The lowest BCUT2D eigenvalue weighted by atomic mass is 10.3. The largest absolute Gasteiger partial charge is 0.360 e. The molecule has 86 valence electrons. The fourth-order valence-corrected chi connectivity index (χ4v) is 2.02. The van der Waals surface area contributed by atoms with Gasteiger partial charge in [0.05, 0.1) is 22.9 Å². The van der Waals surface area contributed by atoms with E-state index in [2.05, 4.69) is 27.8 Å². The van der Waals surface area contributed by atoms with Crippen LogP contribution in [0.25, 0.3) is 0 Å². The van der Waals surface area contributed by atoms with Crippen molar-refractivity contribution < 1.29 is 4.52 Å². The minimum Gasteiger partial charge on any atom is -0.360 e. The normalized spacial score (nSPS) is 10.9. The Morgan fingerprint density at radius 1 is 1.38 bits per heavy atom. The first kappa shape index (κ1) is 11.3. The zero-order valence-electron chi connectivity index (χ0n) is 9.49. The van der Waals surface area contributed by atoms with Crippen molar-refractivity contribution in [2.45, 2.75) is 33.4 Å². The zero-order chi connectivity index (χ0) is 11.4. The molecule has 2 aromatic heterocycles. The average Bonchev–Trinajstić information content (AvgIpc) is 2.88. The van der Waals surface area contributed by atoms with Gasteiger partial charge in [0.15, 0.2) is 5.76 Å². The van der Waals surface area contributed by atoms with Crippen molar-refractivity contribution in [3.63, 3.8) is 0 Å². The zero-order valence-corrected chi connectivity index (χ0v) is 10.3. The fraction of sp³-hybridized carbons (Fsp3) is 0.455. The van der Waals surface area contributed by atoms with E-state index in [9.17, 15) is 0 Å². The predicted molar refractivity (Wildman–Crippen MR) is 63.3 cm³/mol. The molecule has 4 nitrogen and oxygen atoms in total. The lowest BCUT2D eigenvalue weighted by Gasteiger charge is -1.97. The van der Waals surface area contributed by atoms with Gasteiger partial charge in [0.1, 0.15) is 0 Å². The van der Waals surface area contributed by atoms with Crippen LogP contribution in [0.5, 0.6) is 0 Å². The molecule has 2 rings (SSSR count). The monoisotopic (exact) mass is 237 g/mol. The van der Waals surface area contributed by atoms with E-state index in [4.69, 9.17) is 4.52 Å². The maximum Gasteiger partial charge on any atom is 0.150 e. The van der Waals surface area contributed by atoms with Crippen LogP contribution in [0.1, 0.15) is 29.1 Å². The van der Waals surface area contributed by atoms with E-state index in [0.717, 1.165) is 35.1 Å². The van der Waals surface area contributed by atoms with Crippen molar-refractivity contribution in [2.24, 2.45) is 0 Å². The standard InChI is InChI=1S/C11H15N3OS/c1-3-9-4-11(15-14-9)6-12-5-10-7-16-8(2)13-10/h4,7,12H,3,5-6H2,1-2H3. The first-order chi connectivity index (χ1) is 7.78. The van der Waals surface area contributed by atoms with Gasteiger partial charge in [0, 0.05) is 18.0 Å². The third-order valence-electron chi connectivity index (χ3n) is 2.24. The average molecular weight is 237 g/mol. The number of aromatic nitrogens is 2. The van der Waals surface area contributed by atoms with E-state index in [1.165, 1.54) is 0 Å². The van der Waals surface area contributed by atoms with Crippen LogP contribution < -0.4 is 5.32 Å². The predicted octanol–water partition coefficient (Wildman–Crippen LogP) is 2.29. The second kappa shape index (κ2) is 5.23. The Morgan fingerprint density at radius 3 is 2.88 bits per heavy atom. The summed E-state index contributed by atoms with van der Waals surface area (Å²) < 4.78 is 5.17. The molecule has 0 aliphatic rings. The van der Waals surface area contributed by atoms with Crippen LogP contribution >= 0.6 is 11.3 Å². The summed E-state index contributed by atoms with van der Waals surface area (Å²) in [7, 11) is 0. The van der Waals surface area contributed by atoms with Crippen molar-refractivity contribution >= 4 is 11.3 Å². The smallest absolute Gasteiger partial charge is 0.150 e. The molecule has 0 fully saturated rings. The summed E-state index contributed by atoms with van der Waals surface area (Å²) in [5, 5.41) is 10.4. The van der Waals surface area contributed by atoms with Gasteiger partial charge in [-0.2, -0.15) is 0 Å². The number of aryl methyl sites for hydroxylation is 2. The summed E-state index contributed by atoms with van der Waals surface area (Å²) in [6.45, 7) is 5.54. The maximum absolute atomic E-state index is 5.17. The van der Waals surface area contributed by atoms with E-state index in [1.807, 2.05) is 13.0 Å². The molecule has 0 radical (unpaired) electrons. The topological polar surface area (TPSA) is 51.0 Å². The Labute approximate surface area is 98.7 Å². The first-order valence-electron chi connectivity index (χ1n) is 5.34. The van der Waals surface area contributed by atoms with Gasteiger partial charge in [-0.05, 0) is 13.3 Å². The SMILES string of the molecule is CCc1cc(CNCc2csc(C)n2)on1. The molecule has 5 heteroatoms. The van der Waals surface area contributed by atoms with Crippen molar-refractivity contribution in [1.82, 2.24) is 15.5 Å². The molecule has 16 heavy (non-hydrogen) atoms. The number of rotatable bonds is 5. The van der Waals surface area contributed by atoms with Crippen molar-refractivity contribution in [2.75, 3.05) is 0 Å². The third kappa shape index (κ3) is 2.90. The molecule has 0 aliphatic carbocycles. The summed E-state index contributed by atoms with van der Waals surface area (Å²) in [6.07, 6.45) is 0.911. The van der Waals surface area contributed by atoms with Crippen molar-refractivity contribution in [1.29, 1.82) is 0 Å². The Bertz CT molecular complexity index is 450. The van der Waals surface area contributed by atoms with Gasteiger partial charge in [-0.1, -0.05) is 12.1 Å². The van der Waals surface area contributed by atoms with Crippen LogP contribution in [0.15, 0.2) is 16.0 Å². The molecular weight excluding hydrogens is 222 g/mol. The van der Waals surface area contributed by atoms with E-state index in [-0.39, 0.29) is 0 Å². The Balaban J connectivity index is 1.79. The van der Waals surface area contributed by atoms with Crippen LogP contribution in [0.2, 0.25) is 0 Å². The molecule has 0 saturated carbocycles. The minimum absolute atomic E-state index is 0.698. The van der Waals surface area contributed by atoms with E-state index in [1.54, 1.807) is 11.3 Å². The molecule has 0 unspecified atom stereocenters. The molecule has 1 N–H and O–H groups in total. The summed E-state index contributed by atoms with van der Waals surface area (Å²) in [4.78, 5) is 4.37. The number of hydrogen-bond donors (Lipinski definition) is 1. The highest BCUT2D eigenvalue weighted by Crippen LogP contribution is 2.08. The highest BCUT2D eigenvalue weighted by atomic mass is 32.1. The minimum atomic E-state index is 0.698. The molecule has 0 amide bonds. The summed E-state index contributed by atoms with van der Waals surface area (Å²) in [5.74, 6) is 0.879. The summed E-state index contributed by atoms with van der Waals surface area (Å²) in [5.41, 5.74) is 2.08. The second-order valence-electron chi connectivity index (χ2n) is 3.60. The molecular formula is C11H15N3OS. The quantitative estimate of drug-likeness (QED) is 0.867. The van der Waals surface area contributed by atoms with Gasteiger partial charge in [-0.3, -0.25) is 0 Å². The lowest BCUT2D eigenvalue weighted by Crippen LogP contribution is -2.12. The molecule has 0 bridgehead atoms. The van der Waals surface area contributed by atoms with Gasteiger partial charge < -0.3 is 9.84 Å².